The normalized spacial score (nSPS) is 20.8. The number of carboxylic acids is 1. The number of nitrogens with zero attached hydrogens (tertiary/aromatic N) is 5. The number of nitrogens with one attached hydrogen (secondary N) is 1. The zero-order valence-corrected chi connectivity index (χ0v) is 11.8. The summed E-state index contributed by atoms with van der Waals surface area (Å²) in [4.78, 5) is 26.2. The number of hydrogen-bond acceptors (Lipinski definition) is 7. The third kappa shape index (κ3) is 2.52. The van der Waals surface area contributed by atoms with Crippen LogP contribution in [0.1, 0.15) is 22.4 Å². The number of carboxylic acid groups (broad SMARTS) is 1. The van der Waals surface area contributed by atoms with Crippen molar-refractivity contribution in [2.24, 2.45) is 0 Å². The third-order valence-electron chi connectivity index (χ3n) is 3.65. The van der Waals surface area contributed by atoms with Gasteiger partial charge in [0.25, 0.3) is 5.89 Å². The fraction of sp³-hybridized carbons (Fsp3) is 0.500. The summed E-state index contributed by atoms with van der Waals surface area (Å²) in [6.45, 7) is 2.70. The van der Waals surface area contributed by atoms with Gasteiger partial charge >= 0.3 is 5.97 Å². The second-order valence-electron chi connectivity index (χ2n) is 5.15. The molecule has 1 aliphatic heterocycles. The maximum absolute atomic E-state index is 11.1. The molecule has 0 aliphatic carbocycles. The van der Waals surface area contributed by atoms with Crippen molar-refractivity contribution in [3.05, 3.63) is 17.8 Å². The van der Waals surface area contributed by atoms with Gasteiger partial charge in [-0.25, -0.2) is 9.78 Å². The van der Waals surface area contributed by atoms with Crippen molar-refractivity contribution in [1.29, 1.82) is 0 Å². The Labute approximate surface area is 120 Å². The van der Waals surface area contributed by atoms with E-state index in [1.54, 1.807) is 0 Å². The van der Waals surface area contributed by atoms with E-state index in [1.807, 2.05) is 14.1 Å². The molecule has 0 saturated carbocycles. The Morgan fingerprint density at radius 1 is 1.48 bits per heavy atom. The van der Waals surface area contributed by atoms with Crippen LogP contribution in [0.15, 0.2) is 10.9 Å². The van der Waals surface area contributed by atoms with Crippen LogP contribution in [0.3, 0.4) is 0 Å². The Hall–Kier alpha value is -2.26. The monoisotopic (exact) mass is 292 g/mol. The number of carbonyl (C=O) groups is 1. The number of H-pyrrole nitrogens is 1. The van der Waals surface area contributed by atoms with Crippen molar-refractivity contribution in [3.63, 3.8) is 0 Å². The minimum atomic E-state index is -1.14. The molecule has 0 radical (unpaired) electrons. The van der Waals surface area contributed by atoms with Crippen LogP contribution in [0.5, 0.6) is 0 Å². The van der Waals surface area contributed by atoms with Crippen LogP contribution in [-0.4, -0.2) is 74.7 Å². The average molecular weight is 292 g/mol. The van der Waals surface area contributed by atoms with Crippen LogP contribution in [-0.2, 0) is 0 Å². The Bertz CT molecular complexity index is 651. The maximum atomic E-state index is 11.1. The lowest BCUT2D eigenvalue weighted by atomic mass is 10.2. The number of imidazole rings is 1. The van der Waals surface area contributed by atoms with Crippen LogP contribution >= 0.6 is 0 Å². The number of piperazine rings is 1. The second kappa shape index (κ2) is 5.26. The first-order chi connectivity index (χ1) is 10.1. The molecule has 2 aromatic heterocycles. The van der Waals surface area contributed by atoms with Crippen molar-refractivity contribution in [1.82, 2.24) is 29.9 Å². The predicted octanol–water partition coefficient (Wildman–Crippen LogP) is 0.0762. The minimum absolute atomic E-state index is 0.0254. The maximum Gasteiger partial charge on any atom is 0.356 e. The molecule has 1 unspecified atom stereocenters. The average Bonchev–Trinajstić information content (AvgIpc) is 3.08. The molecular weight excluding hydrogens is 276 g/mol. The molecule has 0 bridgehead atoms. The van der Waals surface area contributed by atoms with Crippen molar-refractivity contribution in [3.8, 4) is 11.6 Å². The van der Waals surface area contributed by atoms with Gasteiger partial charge in [-0.15, -0.1) is 0 Å². The van der Waals surface area contributed by atoms with E-state index in [0.717, 1.165) is 19.6 Å². The summed E-state index contributed by atoms with van der Waals surface area (Å²) in [5.41, 5.74) is 0.104. The topological polar surface area (TPSA) is 111 Å². The summed E-state index contributed by atoms with van der Waals surface area (Å²) in [6.07, 6.45) is 1.29. The number of aromatic amines is 1. The molecule has 2 aromatic rings. The van der Waals surface area contributed by atoms with Crippen LogP contribution in [0.2, 0.25) is 0 Å². The number of likely N-dealkylation sites (N-methyl/N-ethyl adjacent to an activating group) is 2. The van der Waals surface area contributed by atoms with E-state index >= 15 is 0 Å². The lowest BCUT2D eigenvalue weighted by molar-refractivity contribution is 0.0691. The van der Waals surface area contributed by atoms with Gasteiger partial charge in [0.05, 0.1) is 12.4 Å². The van der Waals surface area contributed by atoms with Gasteiger partial charge in [0, 0.05) is 19.6 Å². The Kier molecular flexibility index (Phi) is 3.43. The Balaban J connectivity index is 1.89. The molecule has 112 valence electrons. The minimum Gasteiger partial charge on any atom is -0.476 e. The quantitative estimate of drug-likeness (QED) is 0.818. The summed E-state index contributed by atoms with van der Waals surface area (Å²) in [5.74, 6) is -0.452. The molecule has 1 saturated heterocycles. The largest absolute Gasteiger partial charge is 0.476 e. The molecule has 0 aromatic carbocycles. The highest BCUT2D eigenvalue weighted by Crippen LogP contribution is 2.24. The van der Waals surface area contributed by atoms with E-state index in [9.17, 15) is 4.79 Å². The molecular formula is C12H16N6O3. The van der Waals surface area contributed by atoms with E-state index < -0.39 is 5.97 Å². The molecule has 1 fully saturated rings. The first kappa shape index (κ1) is 13.7. The third-order valence-corrected chi connectivity index (χ3v) is 3.65. The second-order valence-corrected chi connectivity index (χ2v) is 5.15. The number of rotatable bonds is 3. The molecule has 0 amide bonds. The van der Waals surface area contributed by atoms with Crippen molar-refractivity contribution >= 4 is 5.97 Å². The van der Waals surface area contributed by atoms with Crippen LogP contribution in [0.25, 0.3) is 11.6 Å². The van der Waals surface area contributed by atoms with Gasteiger partial charge in [0.15, 0.2) is 11.5 Å². The summed E-state index contributed by atoms with van der Waals surface area (Å²) < 4.78 is 5.20. The van der Waals surface area contributed by atoms with Gasteiger partial charge < -0.3 is 19.5 Å². The van der Waals surface area contributed by atoms with Gasteiger partial charge in [0.2, 0.25) is 0 Å². The fourth-order valence-corrected chi connectivity index (χ4v) is 2.38. The highest BCUT2D eigenvalue weighted by Gasteiger charge is 2.29. The van der Waals surface area contributed by atoms with Gasteiger partial charge in [-0.3, -0.25) is 4.90 Å². The van der Waals surface area contributed by atoms with Crippen molar-refractivity contribution in [2.45, 2.75) is 6.04 Å². The lowest BCUT2D eigenvalue weighted by Crippen LogP contribution is -2.45. The highest BCUT2D eigenvalue weighted by atomic mass is 16.5. The summed E-state index contributed by atoms with van der Waals surface area (Å²) in [5, 5.41) is 13.0. The highest BCUT2D eigenvalue weighted by molar-refractivity contribution is 5.91. The van der Waals surface area contributed by atoms with Gasteiger partial charge in [-0.2, -0.15) is 4.98 Å². The number of aromatic carboxylic acids is 1. The van der Waals surface area contributed by atoms with E-state index in [-0.39, 0.29) is 23.3 Å². The summed E-state index contributed by atoms with van der Waals surface area (Å²) in [7, 11) is 4.05. The summed E-state index contributed by atoms with van der Waals surface area (Å²) >= 11 is 0. The van der Waals surface area contributed by atoms with Crippen molar-refractivity contribution < 1.29 is 14.4 Å². The predicted molar refractivity (Wildman–Crippen MR) is 71.7 cm³/mol. The van der Waals surface area contributed by atoms with Gasteiger partial charge in [-0.1, -0.05) is 5.16 Å². The molecule has 1 atom stereocenters. The van der Waals surface area contributed by atoms with E-state index in [2.05, 4.69) is 29.9 Å². The smallest absolute Gasteiger partial charge is 0.356 e. The molecule has 9 nitrogen and oxygen atoms in total. The molecule has 9 heteroatoms. The van der Waals surface area contributed by atoms with E-state index in [1.165, 1.54) is 6.33 Å². The van der Waals surface area contributed by atoms with Gasteiger partial charge in [0.1, 0.15) is 5.69 Å². The number of aromatic nitrogens is 4. The van der Waals surface area contributed by atoms with E-state index in [4.69, 9.17) is 9.63 Å². The zero-order chi connectivity index (χ0) is 15.0. The van der Waals surface area contributed by atoms with Gasteiger partial charge in [-0.05, 0) is 14.1 Å². The van der Waals surface area contributed by atoms with Crippen molar-refractivity contribution in [2.75, 3.05) is 33.7 Å². The molecule has 1 aliphatic rings. The SMILES string of the molecule is CN1CCN(C)C(c2noc(-c3[nH]cnc3C(=O)O)n2)C1. The molecule has 2 N–H and O–H groups in total. The molecule has 21 heavy (non-hydrogen) atoms. The molecule has 3 heterocycles. The summed E-state index contributed by atoms with van der Waals surface area (Å²) in [6, 6.07) is 0.0254. The lowest BCUT2D eigenvalue weighted by Gasteiger charge is -2.35. The van der Waals surface area contributed by atoms with Crippen LogP contribution in [0.4, 0.5) is 0 Å². The standard InChI is InChI=1S/C12H16N6O3/c1-17-3-4-18(2)7(5-17)10-15-11(21-16-10)8-9(12(19)20)14-6-13-8/h6-7H,3-5H2,1-2H3,(H,13,14)(H,19,20). The Morgan fingerprint density at radius 2 is 2.29 bits per heavy atom. The molecule has 0 spiro atoms. The number of hydrogen-bond donors (Lipinski definition) is 2. The first-order valence-electron chi connectivity index (χ1n) is 6.55. The van der Waals surface area contributed by atoms with Crippen LogP contribution in [0, 0.1) is 0 Å². The fourth-order valence-electron chi connectivity index (χ4n) is 2.38. The zero-order valence-electron chi connectivity index (χ0n) is 11.8. The first-order valence-corrected chi connectivity index (χ1v) is 6.55. The van der Waals surface area contributed by atoms with Crippen LogP contribution < -0.4 is 0 Å². The van der Waals surface area contributed by atoms with E-state index in [0.29, 0.717) is 5.82 Å². The molecule has 3 rings (SSSR count). The Morgan fingerprint density at radius 3 is 3.05 bits per heavy atom.